The van der Waals surface area contributed by atoms with Gasteiger partial charge < -0.3 is 10.5 Å². The van der Waals surface area contributed by atoms with E-state index >= 15 is 0 Å². The molecular formula is C11H14FNO2. The fourth-order valence-corrected chi connectivity index (χ4v) is 1.16. The van der Waals surface area contributed by atoms with Crippen LogP contribution in [-0.2, 0) is 4.74 Å². The maximum absolute atomic E-state index is 13.1. The number of halogens is 1. The molecule has 15 heavy (non-hydrogen) atoms. The number of benzene rings is 1. The van der Waals surface area contributed by atoms with Crippen LogP contribution in [0.15, 0.2) is 12.1 Å². The first-order chi connectivity index (χ1) is 6.93. The lowest BCUT2D eigenvalue weighted by Crippen LogP contribution is -2.14. The molecule has 0 saturated carbocycles. The lowest BCUT2D eigenvalue weighted by molar-refractivity contribution is 0.0379. The Morgan fingerprint density at radius 1 is 1.47 bits per heavy atom. The number of ether oxygens (including phenoxy) is 1. The van der Waals surface area contributed by atoms with Gasteiger partial charge in [-0.25, -0.2) is 9.18 Å². The van der Waals surface area contributed by atoms with E-state index in [0.717, 1.165) is 0 Å². The van der Waals surface area contributed by atoms with E-state index in [1.165, 1.54) is 19.1 Å². The summed E-state index contributed by atoms with van der Waals surface area (Å²) in [5.74, 6) is -0.945. The molecule has 1 aromatic carbocycles. The molecule has 0 aromatic heterocycles. The van der Waals surface area contributed by atoms with Gasteiger partial charge in [0.15, 0.2) is 0 Å². The first kappa shape index (κ1) is 11.5. The quantitative estimate of drug-likeness (QED) is 0.603. The smallest absolute Gasteiger partial charge is 0.340 e. The molecule has 3 nitrogen and oxygen atoms in total. The monoisotopic (exact) mass is 211 g/mol. The Labute approximate surface area is 88.0 Å². The van der Waals surface area contributed by atoms with Crippen LogP contribution >= 0.6 is 0 Å². The van der Waals surface area contributed by atoms with Crippen molar-refractivity contribution in [3.63, 3.8) is 0 Å². The van der Waals surface area contributed by atoms with E-state index in [9.17, 15) is 9.18 Å². The average Bonchev–Trinajstić information content (AvgIpc) is 2.13. The van der Waals surface area contributed by atoms with Crippen LogP contribution in [0.25, 0.3) is 0 Å². The van der Waals surface area contributed by atoms with Gasteiger partial charge in [0.05, 0.1) is 17.4 Å². The van der Waals surface area contributed by atoms with Crippen molar-refractivity contribution in [1.82, 2.24) is 0 Å². The van der Waals surface area contributed by atoms with E-state index in [-0.39, 0.29) is 22.9 Å². The minimum Gasteiger partial charge on any atom is -0.459 e. The minimum atomic E-state index is -0.523. The number of carbonyl (C=O) groups excluding carboxylic acids is 1. The molecule has 2 N–H and O–H groups in total. The standard InChI is InChI=1S/C11H14FNO2/c1-6(2)15-11(14)8-4-5-9(12)7(3)10(8)13/h4-6H,13H2,1-3H3. The number of nitrogen functional groups attached to an aromatic ring is 1. The van der Waals surface area contributed by atoms with Crippen LogP contribution in [-0.4, -0.2) is 12.1 Å². The van der Waals surface area contributed by atoms with Crippen LogP contribution in [0, 0.1) is 12.7 Å². The molecule has 0 aliphatic carbocycles. The molecule has 0 unspecified atom stereocenters. The van der Waals surface area contributed by atoms with Gasteiger partial charge in [0.2, 0.25) is 0 Å². The molecule has 0 amide bonds. The second kappa shape index (κ2) is 4.29. The largest absolute Gasteiger partial charge is 0.459 e. The van der Waals surface area contributed by atoms with Crippen molar-refractivity contribution >= 4 is 11.7 Å². The number of hydrogen-bond acceptors (Lipinski definition) is 3. The van der Waals surface area contributed by atoms with E-state index in [4.69, 9.17) is 10.5 Å². The highest BCUT2D eigenvalue weighted by Crippen LogP contribution is 2.20. The summed E-state index contributed by atoms with van der Waals surface area (Å²) in [7, 11) is 0. The summed E-state index contributed by atoms with van der Waals surface area (Å²) in [5, 5.41) is 0. The minimum absolute atomic E-state index is 0.139. The predicted molar refractivity (Wildman–Crippen MR) is 56.1 cm³/mol. The highest BCUT2D eigenvalue weighted by molar-refractivity contribution is 5.95. The van der Waals surface area contributed by atoms with Crippen LogP contribution in [0.1, 0.15) is 29.8 Å². The second-order valence-electron chi connectivity index (χ2n) is 3.59. The molecule has 0 spiro atoms. The van der Waals surface area contributed by atoms with Gasteiger partial charge in [-0.3, -0.25) is 0 Å². The molecule has 0 radical (unpaired) electrons. The summed E-state index contributed by atoms with van der Waals surface area (Å²) < 4.78 is 18.0. The van der Waals surface area contributed by atoms with Crippen molar-refractivity contribution in [1.29, 1.82) is 0 Å². The van der Waals surface area contributed by atoms with Gasteiger partial charge in [-0.15, -0.1) is 0 Å². The topological polar surface area (TPSA) is 52.3 Å². The number of esters is 1. The highest BCUT2D eigenvalue weighted by atomic mass is 19.1. The number of anilines is 1. The van der Waals surface area contributed by atoms with Crippen molar-refractivity contribution in [2.24, 2.45) is 0 Å². The number of carbonyl (C=O) groups is 1. The Balaban J connectivity index is 3.06. The van der Waals surface area contributed by atoms with Gasteiger partial charge in [-0.1, -0.05) is 0 Å². The molecule has 0 atom stereocenters. The third kappa shape index (κ3) is 2.46. The van der Waals surface area contributed by atoms with Crippen molar-refractivity contribution in [3.8, 4) is 0 Å². The average molecular weight is 211 g/mol. The third-order valence-corrected chi connectivity index (χ3v) is 2.01. The molecule has 1 aromatic rings. The van der Waals surface area contributed by atoms with Gasteiger partial charge in [-0.05, 0) is 32.9 Å². The van der Waals surface area contributed by atoms with Crippen molar-refractivity contribution in [2.75, 3.05) is 5.73 Å². The molecule has 1 rings (SSSR count). The van der Waals surface area contributed by atoms with Gasteiger partial charge in [0.25, 0.3) is 0 Å². The molecule has 0 aliphatic rings. The molecule has 0 aliphatic heterocycles. The molecule has 0 fully saturated rings. The zero-order chi connectivity index (χ0) is 11.6. The lowest BCUT2D eigenvalue weighted by Gasteiger charge is -2.11. The SMILES string of the molecule is Cc1c(F)ccc(C(=O)OC(C)C)c1N. The number of nitrogens with two attached hydrogens (primary N) is 1. The van der Waals surface area contributed by atoms with Crippen molar-refractivity contribution in [3.05, 3.63) is 29.1 Å². The molecular weight excluding hydrogens is 197 g/mol. The summed E-state index contributed by atoms with van der Waals surface area (Å²) >= 11 is 0. The third-order valence-electron chi connectivity index (χ3n) is 2.01. The fourth-order valence-electron chi connectivity index (χ4n) is 1.16. The fraction of sp³-hybridized carbons (Fsp3) is 0.364. The number of hydrogen-bond donors (Lipinski definition) is 1. The Kier molecular flexibility index (Phi) is 3.29. The normalized spacial score (nSPS) is 10.5. The van der Waals surface area contributed by atoms with Crippen LogP contribution in [0.2, 0.25) is 0 Å². The lowest BCUT2D eigenvalue weighted by atomic mass is 10.1. The summed E-state index contributed by atoms with van der Waals surface area (Å²) in [6, 6.07) is 2.55. The zero-order valence-electron chi connectivity index (χ0n) is 9.00. The zero-order valence-corrected chi connectivity index (χ0v) is 9.00. The summed E-state index contributed by atoms with van der Waals surface area (Å²) in [5.41, 5.74) is 6.24. The van der Waals surface area contributed by atoms with Crippen LogP contribution in [0.5, 0.6) is 0 Å². The molecule has 82 valence electrons. The molecule has 0 bridgehead atoms. The van der Waals surface area contributed by atoms with Gasteiger partial charge in [-0.2, -0.15) is 0 Å². The number of rotatable bonds is 2. The van der Waals surface area contributed by atoms with Crippen molar-refractivity contribution < 1.29 is 13.9 Å². The molecule has 0 heterocycles. The maximum atomic E-state index is 13.1. The highest BCUT2D eigenvalue weighted by Gasteiger charge is 2.15. The van der Waals surface area contributed by atoms with Gasteiger partial charge in [0, 0.05) is 5.56 Å². The van der Waals surface area contributed by atoms with E-state index in [1.807, 2.05) is 0 Å². The van der Waals surface area contributed by atoms with E-state index < -0.39 is 11.8 Å². The van der Waals surface area contributed by atoms with E-state index in [0.29, 0.717) is 0 Å². The Morgan fingerprint density at radius 3 is 2.60 bits per heavy atom. The first-order valence-corrected chi connectivity index (χ1v) is 4.69. The van der Waals surface area contributed by atoms with E-state index in [2.05, 4.69) is 0 Å². The predicted octanol–water partition coefficient (Wildman–Crippen LogP) is 2.28. The first-order valence-electron chi connectivity index (χ1n) is 4.69. The van der Waals surface area contributed by atoms with Crippen molar-refractivity contribution in [2.45, 2.75) is 26.9 Å². The van der Waals surface area contributed by atoms with Crippen LogP contribution in [0.3, 0.4) is 0 Å². The molecule has 4 heteroatoms. The summed E-state index contributed by atoms with van der Waals surface area (Å²) in [6.45, 7) is 5.01. The second-order valence-corrected chi connectivity index (χ2v) is 3.59. The maximum Gasteiger partial charge on any atom is 0.340 e. The van der Waals surface area contributed by atoms with Gasteiger partial charge >= 0.3 is 5.97 Å². The van der Waals surface area contributed by atoms with Crippen LogP contribution in [0.4, 0.5) is 10.1 Å². The Hall–Kier alpha value is -1.58. The van der Waals surface area contributed by atoms with Crippen LogP contribution < -0.4 is 5.73 Å². The summed E-state index contributed by atoms with van der Waals surface area (Å²) in [6.07, 6.45) is -0.220. The summed E-state index contributed by atoms with van der Waals surface area (Å²) in [4.78, 5) is 11.5. The Bertz CT molecular complexity index is 388. The molecule has 0 saturated heterocycles. The Morgan fingerprint density at radius 2 is 2.07 bits per heavy atom. The van der Waals surface area contributed by atoms with E-state index in [1.54, 1.807) is 13.8 Å². The van der Waals surface area contributed by atoms with Gasteiger partial charge in [0.1, 0.15) is 5.82 Å².